The largest absolute Gasteiger partial charge is 0.320 e. The first-order chi connectivity index (χ1) is 4.41. The first kappa shape index (κ1) is 8.56. The average molecular weight is 129 g/mol. The van der Waals surface area contributed by atoms with Gasteiger partial charge in [0, 0.05) is 0 Å². The van der Waals surface area contributed by atoms with Gasteiger partial charge in [-0.25, -0.2) is 0 Å². The van der Waals surface area contributed by atoms with E-state index in [-0.39, 0.29) is 0 Å². The zero-order valence-corrected chi connectivity index (χ0v) is 6.22. The summed E-state index contributed by atoms with van der Waals surface area (Å²) in [5.74, 6) is 0. The van der Waals surface area contributed by atoms with Gasteiger partial charge in [0.25, 0.3) is 0 Å². The molecule has 0 bridgehead atoms. The molecule has 54 valence electrons. The lowest BCUT2D eigenvalue weighted by molar-refractivity contribution is 0.711. The summed E-state index contributed by atoms with van der Waals surface area (Å²) in [6.45, 7) is 4.68. The van der Waals surface area contributed by atoms with Crippen molar-refractivity contribution in [1.29, 1.82) is 0 Å². The summed E-state index contributed by atoms with van der Waals surface area (Å²) >= 11 is 0. The third kappa shape index (κ3) is 7.56. The first-order valence-electron chi connectivity index (χ1n) is 3.39. The summed E-state index contributed by atoms with van der Waals surface area (Å²) in [7, 11) is 1.94. The monoisotopic (exact) mass is 129 g/mol. The third-order valence-electron chi connectivity index (χ3n) is 0.926. The van der Waals surface area contributed by atoms with Gasteiger partial charge in [-0.1, -0.05) is 0 Å². The fraction of sp³-hybridized carbons (Fsp3) is 1.00. The zero-order chi connectivity index (χ0) is 6.95. The Bertz CT molecular complexity index is 70.7. The molecule has 0 aromatic carbocycles. The molecule has 0 fully saturated rings. The lowest BCUT2D eigenvalue weighted by atomic mass is 10.4. The molecule has 9 heavy (non-hydrogen) atoms. The minimum atomic E-state index is 0.805. The molecule has 0 aromatic heterocycles. The molecule has 0 rings (SSSR count). The molecule has 0 spiro atoms. The van der Waals surface area contributed by atoms with Crippen LogP contribution in [0.2, 0.25) is 0 Å². The number of azo groups is 1. The summed E-state index contributed by atoms with van der Waals surface area (Å²) < 4.78 is 0. The molecule has 0 aromatic rings. The molecule has 0 aliphatic carbocycles. The molecule has 0 amide bonds. The maximum atomic E-state index is 3.91. The Labute approximate surface area is 56.6 Å². The van der Waals surface area contributed by atoms with Crippen LogP contribution in [0.5, 0.6) is 0 Å². The SMILES string of the molecule is CCN=NCCCNC. The Morgan fingerprint density at radius 3 is 2.67 bits per heavy atom. The molecular formula is C6H15N3. The lowest BCUT2D eigenvalue weighted by Crippen LogP contribution is -2.08. The predicted octanol–water partition coefficient (Wildman–Crippen LogP) is 1.07. The highest BCUT2D eigenvalue weighted by atomic mass is 15.1. The van der Waals surface area contributed by atoms with Gasteiger partial charge in [-0.05, 0) is 26.9 Å². The van der Waals surface area contributed by atoms with Gasteiger partial charge in [0.05, 0.1) is 13.1 Å². The highest BCUT2D eigenvalue weighted by molar-refractivity contribution is 4.43. The summed E-state index contributed by atoms with van der Waals surface area (Å²) in [6, 6.07) is 0. The Morgan fingerprint density at radius 1 is 1.33 bits per heavy atom. The van der Waals surface area contributed by atoms with Crippen LogP contribution < -0.4 is 5.32 Å². The lowest BCUT2D eigenvalue weighted by Gasteiger charge is -1.91. The van der Waals surface area contributed by atoms with Crippen LogP contribution in [-0.2, 0) is 0 Å². The summed E-state index contributed by atoms with van der Waals surface area (Å²) in [6.07, 6.45) is 1.08. The molecule has 0 heterocycles. The van der Waals surface area contributed by atoms with E-state index in [1.54, 1.807) is 0 Å². The highest BCUT2D eigenvalue weighted by Crippen LogP contribution is 1.79. The molecule has 0 aliphatic rings. The van der Waals surface area contributed by atoms with Crippen molar-refractivity contribution in [2.45, 2.75) is 13.3 Å². The van der Waals surface area contributed by atoms with Crippen LogP contribution in [0, 0.1) is 0 Å². The molecule has 1 N–H and O–H groups in total. The second kappa shape index (κ2) is 7.56. The number of hydrogen-bond donors (Lipinski definition) is 1. The fourth-order valence-corrected chi connectivity index (χ4v) is 0.497. The average Bonchev–Trinajstić information content (AvgIpc) is 1.89. The van der Waals surface area contributed by atoms with E-state index in [4.69, 9.17) is 0 Å². The van der Waals surface area contributed by atoms with E-state index in [0.29, 0.717) is 0 Å². The Balaban J connectivity index is 2.82. The number of hydrogen-bond acceptors (Lipinski definition) is 3. The molecule has 3 heteroatoms. The minimum Gasteiger partial charge on any atom is -0.320 e. The number of rotatable bonds is 5. The first-order valence-corrected chi connectivity index (χ1v) is 3.39. The van der Waals surface area contributed by atoms with Gasteiger partial charge in [-0.15, -0.1) is 0 Å². The third-order valence-corrected chi connectivity index (χ3v) is 0.926. The van der Waals surface area contributed by atoms with Crippen LogP contribution in [0.1, 0.15) is 13.3 Å². The molecule has 0 aliphatic heterocycles. The molecule has 0 saturated heterocycles. The van der Waals surface area contributed by atoms with Crippen molar-refractivity contribution in [3.05, 3.63) is 0 Å². The van der Waals surface area contributed by atoms with E-state index in [1.165, 1.54) is 0 Å². The predicted molar refractivity (Wildman–Crippen MR) is 38.8 cm³/mol. The van der Waals surface area contributed by atoms with Crippen LogP contribution >= 0.6 is 0 Å². The van der Waals surface area contributed by atoms with Gasteiger partial charge in [0.1, 0.15) is 0 Å². The second-order valence-corrected chi connectivity index (χ2v) is 1.78. The van der Waals surface area contributed by atoms with Crippen LogP contribution in [0.3, 0.4) is 0 Å². The highest BCUT2D eigenvalue weighted by Gasteiger charge is 1.79. The van der Waals surface area contributed by atoms with Crippen molar-refractivity contribution >= 4 is 0 Å². The maximum absolute atomic E-state index is 3.91. The molecule has 0 radical (unpaired) electrons. The van der Waals surface area contributed by atoms with E-state index < -0.39 is 0 Å². The quantitative estimate of drug-likeness (QED) is 0.437. The van der Waals surface area contributed by atoms with Gasteiger partial charge >= 0.3 is 0 Å². The Morgan fingerprint density at radius 2 is 2.11 bits per heavy atom. The molecule has 3 nitrogen and oxygen atoms in total. The van der Waals surface area contributed by atoms with Crippen molar-refractivity contribution in [2.24, 2.45) is 10.2 Å². The normalized spacial score (nSPS) is 10.9. The topological polar surface area (TPSA) is 36.8 Å². The van der Waals surface area contributed by atoms with Gasteiger partial charge < -0.3 is 5.32 Å². The van der Waals surface area contributed by atoms with Gasteiger partial charge in [-0.2, -0.15) is 10.2 Å². The van der Waals surface area contributed by atoms with E-state index in [2.05, 4.69) is 15.5 Å². The van der Waals surface area contributed by atoms with Crippen molar-refractivity contribution in [1.82, 2.24) is 5.32 Å². The van der Waals surface area contributed by atoms with Crippen LogP contribution in [-0.4, -0.2) is 26.7 Å². The van der Waals surface area contributed by atoms with Crippen molar-refractivity contribution < 1.29 is 0 Å². The summed E-state index contributed by atoms with van der Waals surface area (Å²) in [5, 5.41) is 10.8. The molecule has 0 saturated carbocycles. The van der Waals surface area contributed by atoms with Crippen molar-refractivity contribution in [3.63, 3.8) is 0 Å². The molecule has 0 unspecified atom stereocenters. The number of nitrogens with one attached hydrogen (secondary N) is 1. The van der Waals surface area contributed by atoms with E-state index >= 15 is 0 Å². The van der Waals surface area contributed by atoms with Crippen LogP contribution in [0.15, 0.2) is 10.2 Å². The maximum Gasteiger partial charge on any atom is 0.0610 e. The van der Waals surface area contributed by atoms with Gasteiger partial charge in [0.15, 0.2) is 0 Å². The summed E-state index contributed by atoms with van der Waals surface area (Å²) in [4.78, 5) is 0. The Kier molecular flexibility index (Phi) is 7.19. The second-order valence-electron chi connectivity index (χ2n) is 1.78. The summed E-state index contributed by atoms with van der Waals surface area (Å²) in [5.41, 5.74) is 0. The zero-order valence-electron chi connectivity index (χ0n) is 6.22. The molecular weight excluding hydrogens is 114 g/mol. The van der Waals surface area contributed by atoms with E-state index in [1.807, 2.05) is 14.0 Å². The Hall–Kier alpha value is -0.440. The van der Waals surface area contributed by atoms with Crippen molar-refractivity contribution in [2.75, 3.05) is 26.7 Å². The van der Waals surface area contributed by atoms with Crippen LogP contribution in [0.4, 0.5) is 0 Å². The standard InChI is InChI=1S/C6H15N3/c1-3-8-9-6-4-5-7-2/h7H,3-6H2,1-2H3. The van der Waals surface area contributed by atoms with Gasteiger partial charge in [0.2, 0.25) is 0 Å². The fourth-order valence-electron chi connectivity index (χ4n) is 0.497. The molecule has 0 atom stereocenters. The minimum absolute atomic E-state index is 0.805. The van der Waals surface area contributed by atoms with Crippen LogP contribution in [0.25, 0.3) is 0 Å². The smallest absolute Gasteiger partial charge is 0.0610 e. The van der Waals surface area contributed by atoms with E-state index in [9.17, 15) is 0 Å². The number of nitrogens with zero attached hydrogens (tertiary/aromatic N) is 2. The van der Waals surface area contributed by atoms with Gasteiger partial charge in [-0.3, -0.25) is 0 Å². The van der Waals surface area contributed by atoms with E-state index in [0.717, 1.165) is 26.1 Å². The van der Waals surface area contributed by atoms with Crippen molar-refractivity contribution in [3.8, 4) is 0 Å².